The van der Waals surface area contributed by atoms with E-state index in [0.29, 0.717) is 18.9 Å². The number of ether oxygens (including phenoxy) is 1. The summed E-state index contributed by atoms with van der Waals surface area (Å²) in [6.45, 7) is 4.09. The Labute approximate surface area is 132 Å². The average molecular weight is 302 g/mol. The van der Waals surface area contributed by atoms with Gasteiger partial charge in [0.15, 0.2) is 0 Å². The van der Waals surface area contributed by atoms with Gasteiger partial charge in [-0.15, -0.1) is 0 Å². The second-order valence-electron chi connectivity index (χ2n) is 6.47. The number of hydrogen-bond donors (Lipinski definition) is 1. The van der Waals surface area contributed by atoms with Gasteiger partial charge in [-0.3, -0.25) is 4.79 Å². The van der Waals surface area contributed by atoms with Crippen LogP contribution in [-0.4, -0.2) is 49.7 Å². The molecule has 0 bridgehead atoms. The normalized spacial score (nSPS) is 25.9. The second kappa shape index (κ2) is 7.75. The van der Waals surface area contributed by atoms with E-state index in [1.807, 2.05) is 0 Å². The predicted octanol–water partition coefficient (Wildman–Crippen LogP) is 1.85. The molecule has 2 heterocycles. The number of carbonyl (C=O) groups is 1. The highest BCUT2D eigenvalue weighted by Crippen LogP contribution is 2.21. The minimum Gasteiger partial charge on any atom is -0.378 e. The lowest BCUT2D eigenvalue weighted by Gasteiger charge is -2.34. The van der Waals surface area contributed by atoms with Gasteiger partial charge in [0.05, 0.1) is 13.2 Å². The van der Waals surface area contributed by atoms with Crippen molar-refractivity contribution in [3.05, 3.63) is 35.9 Å². The maximum Gasteiger partial charge on any atom is 0.224 e. The Kier molecular flexibility index (Phi) is 5.46. The molecule has 0 spiro atoms. The molecule has 2 unspecified atom stereocenters. The van der Waals surface area contributed by atoms with Gasteiger partial charge in [-0.2, -0.15) is 0 Å². The van der Waals surface area contributed by atoms with E-state index < -0.39 is 0 Å². The Morgan fingerprint density at radius 3 is 2.95 bits per heavy atom. The van der Waals surface area contributed by atoms with Crippen LogP contribution >= 0.6 is 0 Å². The average Bonchev–Trinajstić information content (AvgIpc) is 2.57. The van der Waals surface area contributed by atoms with Crippen LogP contribution in [0.2, 0.25) is 0 Å². The predicted molar refractivity (Wildman–Crippen MR) is 86.7 cm³/mol. The van der Waals surface area contributed by atoms with Gasteiger partial charge in [-0.1, -0.05) is 30.3 Å². The third kappa shape index (κ3) is 4.31. The van der Waals surface area contributed by atoms with Crippen LogP contribution in [0.5, 0.6) is 0 Å². The maximum atomic E-state index is 12.5. The first-order valence-corrected chi connectivity index (χ1v) is 8.44. The number of nitrogens with one attached hydrogen (secondary N) is 1. The molecule has 2 atom stereocenters. The van der Waals surface area contributed by atoms with Crippen LogP contribution in [-0.2, 0) is 16.0 Å². The summed E-state index contributed by atoms with van der Waals surface area (Å²) in [4.78, 5) is 14.6. The topological polar surface area (TPSA) is 41.6 Å². The molecule has 2 aliphatic heterocycles. The Bertz CT molecular complexity index is 471. The van der Waals surface area contributed by atoms with Crippen molar-refractivity contribution >= 4 is 5.91 Å². The summed E-state index contributed by atoms with van der Waals surface area (Å²) in [6.07, 6.45) is 3.99. The lowest BCUT2D eigenvalue weighted by Crippen LogP contribution is -2.47. The molecule has 2 aliphatic rings. The molecule has 0 aromatic heterocycles. The number of rotatable bonds is 4. The molecule has 1 amide bonds. The molecule has 4 heteroatoms. The number of nitrogens with zero attached hydrogens (tertiary/aromatic N) is 1. The molecule has 120 valence electrons. The molecule has 0 aliphatic carbocycles. The molecule has 4 nitrogen and oxygen atoms in total. The maximum absolute atomic E-state index is 12.5. The molecule has 2 saturated heterocycles. The largest absolute Gasteiger partial charge is 0.378 e. The fourth-order valence-electron chi connectivity index (χ4n) is 3.50. The van der Waals surface area contributed by atoms with E-state index in [4.69, 9.17) is 4.74 Å². The Hall–Kier alpha value is -1.39. The van der Waals surface area contributed by atoms with Crippen molar-refractivity contribution in [1.82, 2.24) is 10.2 Å². The fourth-order valence-corrected chi connectivity index (χ4v) is 3.50. The van der Waals surface area contributed by atoms with Crippen molar-refractivity contribution in [3.8, 4) is 0 Å². The third-order valence-electron chi connectivity index (χ3n) is 4.66. The van der Waals surface area contributed by atoms with Gasteiger partial charge < -0.3 is 15.0 Å². The van der Waals surface area contributed by atoms with E-state index >= 15 is 0 Å². The molecule has 1 aromatic carbocycles. The van der Waals surface area contributed by atoms with Crippen LogP contribution in [0.3, 0.4) is 0 Å². The lowest BCUT2D eigenvalue weighted by molar-refractivity contribution is -0.134. The SMILES string of the molecule is O=C(CC1COCCN1)N1CCCC(Cc2ccccc2)C1. The fraction of sp³-hybridized carbons (Fsp3) is 0.611. The van der Waals surface area contributed by atoms with Gasteiger partial charge in [-0.25, -0.2) is 0 Å². The molecular formula is C18H26N2O2. The molecule has 1 aromatic rings. The van der Waals surface area contributed by atoms with Crippen LogP contribution in [0.25, 0.3) is 0 Å². The molecule has 0 radical (unpaired) electrons. The van der Waals surface area contributed by atoms with E-state index in [0.717, 1.165) is 39.1 Å². The van der Waals surface area contributed by atoms with Crippen molar-refractivity contribution in [2.75, 3.05) is 32.8 Å². The third-order valence-corrected chi connectivity index (χ3v) is 4.66. The Morgan fingerprint density at radius 1 is 1.32 bits per heavy atom. The summed E-state index contributed by atoms with van der Waals surface area (Å²) in [6, 6.07) is 10.8. The molecular weight excluding hydrogens is 276 g/mol. The van der Waals surface area contributed by atoms with Crippen molar-refractivity contribution in [2.45, 2.75) is 31.7 Å². The van der Waals surface area contributed by atoms with E-state index in [-0.39, 0.29) is 11.9 Å². The highest BCUT2D eigenvalue weighted by atomic mass is 16.5. The van der Waals surface area contributed by atoms with Crippen molar-refractivity contribution < 1.29 is 9.53 Å². The van der Waals surface area contributed by atoms with E-state index in [1.54, 1.807) is 0 Å². The molecule has 2 fully saturated rings. The first-order valence-electron chi connectivity index (χ1n) is 8.44. The summed E-state index contributed by atoms with van der Waals surface area (Å²) >= 11 is 0. The van der Waals surface area contributed by atoms with Crippen molar-refractivity contribution in [3.63, 3.8) is 0 Å². The second-order valence-corrected chi connectivity index (χ2v) is 6.47. The van der Waals surface area contributed by atoms with Crippen LogP contribution in [0.1, 0.15) is 24.8 Å². The smallest absolute Gasteiger partial charge is 0.224 e. The van der Waals surface area contributed by atoms with Crippen LogP contribution in [0.15, 0.2) is 30.3 Å². The minimum absolute atomic E-state index is 0.191. The summed E-state index contributed by atoms with van der Waals surface area (Å²) in [5.41, 5.74) is 1.38. The quantitative estimate of drug-likeness (QED) is 0.923. The zero-order chi connectivity index (χ0) is 15.2. The van der Waals surface area contributed by atoms with Crippen LogP contribution in [0.4, 0.5) is 0 Å². The summed E-state index contributed by atoms with van der Waals surface area (Å²) in [5, 5.41) is 3.37. The van der Waals surface area contributed by atoms with E-state index in [1.165, 1.54) is 12.0 Å². The Morgan fingerprint density at radius 2 is 2.18 bits per heavy atom. The van der Waals surface area contributed by atoms with Crippen LogP contribution < -0.4 is 5.32 Å². The van der Waals surface area contributed by atoms with Crippen LogP contribution in [0, 0.1) is 5.92 Å². The standard InChI is InChI=1S/C18H26N2O2/c21-18(12-17-14-22-10-8-19-17)20-9-4-7-16(13-20)11-15-5-2-1-3-6-15/h1-3,5-6,16-17,19H,4,7-14H2. The Balaban J connectivity index is 1.50. The lowest BCUT2D eigenvalue weighted by atomic mass is 9.91. The molecule has 22 heavy (non-hydrogen) atoms. The highest BCUT2D eigenvalue weighted by molar-refractivity contribution is 5.77. The first-order chi connectivity index (χ1) is 10.8. The molecule has 1 N–H and O–H groups in total. The number of likely N-dealkylation sites (tertiary alicyclic amines) is 1. The zero-order valence-corrected chi connectivity index (χ0v) is 13.2. The summed E-state index contributed by atoms with van der Waals surface area (Å²) < 4.78 is 5.44. The van der Waals surface area contributed by atoms with E-state index in [9.17, 15) is 4.79 Å². The number of carbonyl (C=O) groups excluding carboxylic acids is 1. The molecule has 0 saturated carbocycles. The zero-order valence-electron chi connectivity index (χ0n) is 13.2. The summed E-state index contributed by atoms with van der Waals surface area (Å²) in [5.74, 6) is 0.872. The van der Waals surface area contributed by atoms with Gasteiger partial charge in [0, 0.05) is 32.1 Å². The number of hydrogen-bond acceptors (Lipinski definition) is 3. The molecule has 3 rings (SSSR count). The number of benzene rings is 1. The highest BCUT2D eigenvalue weighted by Gasteiger charge is 2.26. The monoisotopic (exact) mass is 302 g/mol. The van der Waals surface area contributed by atoms with Gasteiger partial charge >= 0.3 is 0 Å². The first kappa shape index (κ1) is 15.5. The number of piperidine rings is 1. The van der Waals surface area contributed by atoms with Crippen molar-refractivity contribution in [2.24, 2.45) is 5.92 Å². The van der Waals surface area contributed by atoms with Gasteiger partial charge in [0.1, 0.15) is 0 Å². The van der Waals surface area contributed by atoms with E-state index in [2.05, 4.69) is 40.5 Å². The number of amides is 1. The minimum atomic E-state index is 0.191. The van der Waals surface area contributed by atoms with Gasteiger partial charge in [0.25, 0.3) is 0 Å². The van der Waals surface area contributed by atoms with Gasteiger partial charge in [0.2, 0.25) is 5.91 Å². The van der Waals surface area contributed by atoms with Gasteiger partial charge in [-0.05, 0) is 30.7 Å². The summed E-state index contributed by atoms with van der Waals surface area (Å²) in [7, 11) is 0. The van der Waals surface area contributed by atoms with Crippen molar-refractivity contribution in [1.29, 1.82) is 0 Å². The number of morpholine rings is 1.